The standard InChI is InChI=1S/C16H18N2/c1-2-3-4-5-8-14-13(11-17)12-18-16-10-7-6-9-15(14)16/h6-7,9-10,12H,2-5,8H2,1H3. The molecule has 0 bridgehead atoms. The summed E-state index contributed by atoms with van der Waals surface area (Å²) >= 11 is 0. The average molecular weight is 238 g/mol. The molecule has 0 N–H and O–H groups in total. The molecule has 92 valence electrons. The van der Waals surface area contributed by atoms with Crippen molar-refractivity contribution < 1.29 is 0 Å². The van der Waals surface area contributed by atoms with E-state index in [0.29, 0.717) is 0 Å². The normalized spacial score (nSPS) is 10.4. The largest absolute Gasteiger partial charge is 0.255 e. The Labute approximate surface area is 108 Å². The Morgan fingerprint density at radius 2 is 2.00 bits per heavy atom. The molecule has 0 aliphatic heterocycles. The van der Waals surface area contributed by atoms with Crippen molar-refractivity contribution in [3.63, 3.8) is 0 Å². The first kappa shape index (κ1) is 12.6. The Bertz CT molecular complexity index is 567. The van der Waals surface area contributed by atoms with Crippen LogP contribution >= 0.6 is 0 Å². The fourth-order valence-corrected chi connectivity index (χ4v) is 2.29. The number of aryl methyl sites for hydroxylation is 1. The summed E-state index contributed by atoms with van der Waals surface area (Å²) < 4.78 is 0. The topological polar surface area (TPSA) is 36.7 Å². The number of pyridine rings is 1. The summed E-state index contributed by atoms with van der Waals surface area (Å²) in [6.45, 7) is 2.21. The molecule has 1 aromatic heterocycles. The van der Waals surface area contributed by atoms with Gasteiger partial charge in [0.2, 0.25) is 0 Å². The second-order valence-electron chi connectivity index (χ2n) is 4.59. The molecule has 0 aliphatic rings. The number of benzene rings is 1. The van der Waals surface area contributed by atoms with Gasteiger partial charge in [0.05, 0.1) is 11.1 Å². The summed E-state index contributed by atoms with van der Waals surface area (Å²) in [5.74, 6) is 0. The lowest BCUT2D eigenvalue weighted by atomic mass is 9.98. The number of rotatable bonds is 5. The monoisotopic (exact) mass is 238 g/mol. The first-order chi connectivity index (χ1) is 8.86. The SMILES string of the molecule is CCCCCCc1c(C#N)cnc2ccccc12. The summed E-state index contributed by atoms with van der Waals surface area (Å²) in [7, 11) is 0. The van der Waals surface area contributed by atoms with Gasteiger partial charge in [0.25, 0.3) is 0 Å². The van der Waals surface area contributed by atoms with Crippen LogP contribution in [-0.4, -0.2) is 4.98 Å². The molecule has 2 rings (SSSR count). The molecule has 0 saturated heterocycles. The third-order valence-electron chi connectivity index (χ3n) is 3.29. The van der Waals surface area contributed by atoms with Gasteiger partial charge < -0.3 is 0 Å². The van der Waals surface area contributed by atoms with Gasteiger partial charge in [-0.3, -0.25) is 4.98 Å². The van der Waals surface area contributed by atoms with Crippen molar-refractivity contribution in [1.82, 2.24) is 4.98 Å². The summed E-state index contributed by atoms with van der Waals surface area (Å²) in [5, 5.41) is 10.3. The second kappa shape index (κ2) is 6.16. The van der Waals surface area contributed by atoms with Crippen LogP contribution < -0.4 is 0 Å². The molecule has 1 aromatic carbocycles. The summed E-state index contributed by atoms with van der Waals surface area (Å²) in [5.41, 5.74) is 2.88. The van der Waals surface area contributed by atoms with E-state index in [1.54, 1.807) is 6.20 Å². The van der Waals surface area contributed by atoms with Crippen molar-refractivity contribution in [3.8, 4) is 6.07 Å². The van der Waals surface area contributed by atoms with E-state index in [4.69, 9.17) is 0 Å². The van der Waals surface area contributed by atoms with E-state index in [-0.39, 0.29) is 0 Å². The number of nitriles is 1. The third kappa shape index (κ3) is 2.68. The Morgan fingerprint density at radius 3 is 2.78 bits per heavy atom. The van der Waals surface area contributed by atoms with Gasteiger partial charge in [0.1, 0.15) is 6.07 Å². The molecule has 0 unspecified atom stereocenters. The van der Waals surface area contributed by atoms with Crippen LogP contribution in [0.2, 0.25) is 0 Å². The molecule has 0 aliphatic carbocycles. The van der Waals surface area contributed by atoms with Crippen LogP contribution in [0, 0.1) is 11.3 Å². The maximum Gasteiger partial charge on any atom is 0.101 e. The molecule has 0 radical (unpaired) electrons. The van der Waals surface area contributed by atoms with Gasteiger partial charge in [0, 0.05) is 11.6 Å². The van der Waals surface area contributed by atoms with Gasteiger partial charge in [-0.25, -0.2) is 0 Å². The number of nitrogens with zero attached hydrogens (tertiary/aromatic N) is 2. The highest BCUT2D eigenvalue weighted by atomic mass is 14.7. The lowest BCUT2D eigenvalue weighted by Crippen LogP contribution is -1.95. The second-order valence-corrected chi connectivity index (χ2v) is 4.59. The maximum atomic E-state index is 9.19. The van der Waals surface area contributed by atoms with Gasteiger partial charge in [-0.2, -0.15) is 5.26 Å². The number of fused-ring (bicyclic) bond motifs is 1. The molecular formula is C16H18N2. The van der Waals surface area contributed by atoms with Crippen molar-refractivity contribution in [2.45, 2.75) is 39.0 Å². The molecule has 2 heteroatoms. The van der Waals surface area contributed by atoms with E-state index in [0.717, 1.165) is 29.3 Å². The zero-order valence-electron chi connectivity index (χ0n) is 10.8. The number of aromatic nitrogens is 1. The Balaban J connectivity index is 2.30. The summed E-state index contributed by atoms with van der Waals surface area (Å²) in [6, 6.07) is 10.3. The van der Waals surface area contributed by atoms with Crippen LogP contribution in [-0.2, 0) is 6.42 Å². The van der Waals surface area contributed by atoms with Crippen molar-refractivity contribution in [2.24, 2.45) is 0 Å². The predicted octanol–water partition coefficient (Wildman–Crippen LogP) is 4.23. The molecule has 2 nitrogen and oxygen atoms in total. The van der Waals surface area contributed by atoms with E-state index < -0.39 is 0 Å². The van der Waals surface area contributed by atoms with Crippen LogP contribution in [0.15, 0.2) is 30.5 Å². The zero-order valence-corrected chi connectivity index (χ0v) is 10.8. The fraction of sp³-hybridized carbons (Fsp3) is 0.375. The minimum atomic E-state index is 0.727. The molecule has 0 amide bonds. The molecule has 0 atom stereocenters. The average Bonchev–Trinajstić information content (AvgIpc) is 2.43. The minimum absolute atomic E-state index is 0.727. The molecule has 0 fully saturated rings. The van der Waals surface area contributed by atoms with Crippen molar-refractivity contribution in [1.29, 1.82) is 5.26 Å². The number of unbranched alkanes of at least 4 members (excludes halogenated alkanes) is 3. The smallest absolute Gasteiger partial charge is 0.101 e. The maximum absolute atomic E-state index is 9.19. The summed E-state index contributed by atoms with van der Waals surface area (Å²) in [6.07, 6.45) is 7.57. The van der Waals surface area contributed by atoms with E-state index in [1.165, 1.54) is 24.8 Å². The van der Waals surface area contributed by atoms with E-state index >= 15 is 0 Å². The van der Waals surface area contributed by atoms with Crippen LogP contribution in [0.1, 0.15) is 43.7 Å². The first-order valence-corrected chi connectivity index (χ1v) is 6.63. The van der Waals surface area contributed by atoms with Gasteiger partial charge >= 0.3 is 0 Å². The zero-order chi connectivity index (χ0) is 12.8. The number of hydrogen-bond donors (Lipinski definition) is 0. The van der Waals surface area contributed by atoms with Crippen LogP contribution in [0.5, 0.6) is 0 Å². The van der Waals surface area contributed by atoms with Crippen molar-refractivity contribution in [3.05, 3.63) is 41.6 Å². The van der Waals surface area contributed by atoms with Crippen LogP contribution in [0.4, 0.5) is 0 Å². The molecule has 0 spiro atoms. The van der Waals surface area contributed by atoms with Crippen molar-refractivity contribution >= 4 is 10.9 Å². The molecule has 0 saturated carbocycles. The van der Waals surface area contributed by atoms with Crippen LogP contribution in [0.25, 0.3) is 10.9 Å². The predicted molar refractivity (Wildman–Crippen MR) is 74.3 cm³/mol. The number of para-hydroxylation sites is 1. The molecule has 18 heavy (non-hydrogen) atoms. The van der Waals surface area contributed by atoms with Gasteiger partial charge in [-0.05, 0) is 24.5 Å². The van der Waals surface area contributed by atoms with E-state index in [1.807, 2.05) is 18.2 Å². The van der Waals surface area contributed by atoms with Gasteiger partial charge in [-0.15, -0.1) is 0 Å². The van der Waals surface area contributed by atoms with E-state index in [9.17, 15) is 5.26 Å². The lowest BCUT2D eigenvalue weighted by Gasteiger charge is -2.08. The van der Waals surface area contributed by atoms with Crippen molar-refractivity contribution in [2.75, 3.05) is 0 Å². The van der Waals surface area contributed by atoms with Crippen LogP contribution in [0.3, 0.4) is 0 Å². The summed E-state index contributed by atoms with van der Waals surface area (Å²) in [4.78, 5) is 4.33. The quantitative estimate of drug-likeness (QED) is 0.731. The number of hydrogen-bond acceptors (Lipinski definition) is 2. The Hall–Kier alpha value is -1.88. The Kier molecular flexibility index (Phi) is 4.30. The highest BCUT2D eigenvalue weighted by molar-refractivity contribution is 5.83. The highest BCUT2D eigenvalue weighted by Crippen LogP contribution is 2.22. The fourth-order valence-electron chi connectivity index (χ4n) is 2.29. The lowest BCUT2D eigenvalue weighted by molar-refractivity contribution is 0.667. The first-order valence-electron chi connectivity index (χ1n) is 6.63. The minimum Gasteiger partial charge on any atom is -0.255 e. The third-order valence-corrected chi connectivity index (χ3v) is 3.29. The van der Waals surface area contributed by atoms with Gasteiger partial charge in [0.15, 0.2) is 0 Å². The van der Waals surface area contributed by atoms with E-state index in [2.05, 4.69) is 24.0 Å². The molecule has 1 heterocycles. The Morgan fingerprint density at radius 1 is 1.17 bits per heavy atom. The highest BCUT2D eigenvalue weighted by Gasteiger charge is 2.07. The molecular weight excluding hydrogens is 220 g/mol. The molecule has 2 aromatic rings. The van der Waals surface area contributed by atoms with Gasteiger partial charge in [-0.1, -0.05) is 44.4 Å².